The second kappa shape index (κ2) is 13.0. The predicted octanol–water partition coefficient (Wildman–Crippen LogP) is 2.41. The van der Waals surface area contributed by atoms with Gasteiger partial charge in [-0.15, -0.1) is 0 Å². The number of aldehydes is 2. The minimum atomic E-state index is 0.679. The first-order valence-electron chi connectivity index (χ1n) is 4.94. The van der Waals surface area contributed by atoms with Crippen molar-refractivity contribution < 1.29 is 9.59 Å². The third-order valence-electron chi connectivity index (χ3n) is 1.59. The van der Waals surface area contributed by atoms with Gasteiger partial charge in [-0.2, -0.15) is 23.5 Å². The topological polar surface area (TPSA) is 34.1 Å². The fourth-order valence-electron chi connectivity index (χ4n) is 0.875. The number of thioether (sulfide) groups is 2. The van der Waals surface area contributed by atoms with Gasteiger partial charge in [-0.3, -0.25) is 0 Å². The number of unbranched alkanes of at least 4 members (excludes halogenated alkanes) is 1. The number of rotatable bonds is 11. The highest BCUT2D eigenvalue weighted by Crippen LogP contribution is 2.09. The highest BCUT2D eigenvalue weighted by atomic mass is 32.2. The monoisotopic (exact) mass is 234 g/mol. The van der Waals surface area contributed by atoms with Crippen LogP contribution in [0.5, 0.6) is 0 Å². The molecule has 0 aliphatic heterocycles. The molecule has 0 bridgehead atoms. The maximum Gasteiger partial charge on any atom is 0.120 e. The van der Waals surface area contributed by atoms with Crippen LogP contribution in [0.3, 0.4) is 0 Å². The molecule has 0 rings (SSSR count). The van der Waals surface area contributed by atoms with E-state index in [9.17, 15) is 9.59 Å². The minimum Gasteiger partial charge on any atom is -0.303 e. The van der Waals surface area contributed by atoms with Crippen LogP contribution in [0.15, 0.2) is 0 Å². The summed E-state index contributed by atoms with van der Waals surface area (Å²) in [6.45, 7) is 0. The van der Waals surface area contributed by atoms with Crippen LogP contribution in [-0.2, 0) is 9.59 Å². The molecule has 0 aromatic carbocycles. The molecule has 0 amide bonds. The second-order valence-electron chi connectivity index (χ2n) is 2.84. The van der Waals surface area contributed by atoms with Crippen molar-refractivity contribution in [1.82, 2.24) is 0 Å². The lowest BCUT2D eigenvalue weighted by Crippen LogP contribution is -1.88. The third-order valence-corrected chi connectivity index (χ3v) is 3.79. The number of carbonyl (C=O) groups excluding carboxylic acids is 2. The molecule has 0 saturated carbocycles. The number of carbonyl (C=O) groups is 2. The zero-order valence-electron chi connectivity index (χ0n) is 8.44. The Labute approximate surface area is 94.6 Å². The Kier molecular flexibility index (Phi) is 13.1. The van der Waals surface area contributed by atoms with Crippen LogP contribution >= 0.6 is 23.5 Å². The van der Waals surface area contributed by atoms with Crippen LogP contribution < -0.4 is 0 Å². The van der Waals surface area contributed by atoms with Gasteiger partial charge in [0.15, 0.2) is 0 Å². The Hall–Kier alpha value is 0.0400. The molecule has 0 saturated heterocycles. The summed E-state index contributed by atoms with van der Waals surface area (Å²) in [5.74, 6) is 4.23. The van der Waals surface area contributed by atoms with Crippen molar-refractivity contribution in [3.63, 3.8) is 0 Å². The molecule has 0 aliphatic rings. The van der Waals surface area contributed by atoms with Gasteiger partial charge in [0.1, 0.15) is 12.6 Å². The lowest BCUT2D eigenvalue weighted by molar-refractivity contribution is -0.108. The van der Waals surface area contributed by atoms with E-state index in [1.165, 1.54) is 12.8 Å². The van der Waals surface area contributed by atoms with Gasteiger partial charge >= 0.3 is 0 Å². The first-order valence-corrected chi connectivity index (χ1v) is 7.25. The zero-order valence-corrected chi connectivity index (χ0v) is 10.1. The molecule has 0 heterocycles. The Balaban J connectivity index is 2.84. The summed E-state index contributed by atoms with van der Waals surface area (Å²) in [7, 11) is 0. The third kappa shape index (κ3) is 12.0. The van der Waals surface area contributed by atoms with Gasteiger partial charge < -0.3 is 9.59 Å². The molecule has 14 heavy (non-hydrogen) atoms. The standard InChI is InChI=1S/C10H18O2S2/c11-5-3-9-13-7-1-2-8-14-10-4-6-12/h5-6H,1-4,7-10H2. The molecule has 0 fully saturated rings. The van der Waals surface area contributed by atoms with E-state index in [1.807, 2.05) is 23.5 Å². The smallest absolute Gasteiger partial charge is 0.120 e. The van der Waals surface area contributed by atoms with Crippen molar-refractivity contribution in [1.29, 1.82) is 0 Å². The van der Waals surface area contributed by atoms with E-state index in [0.29, 0.717) is 12.8 Å². The normalized spacial score (nSPS) is 10.0. The molecule has 0 aromatic rings. The molecule has 0 spiro atoms. The van der Waals surface area contributed by atoms with Crippen LogP contribution in [0.4, 0.5) is 0 Å². The molecule has 2 nitrogen and oxygen atoms in total. The Morgan fingerprint density at radius 2 is 1.14 bits per heavy atom. The fraction of sp³-hybridized carbons (Fsp3) is 0.800. The molecular weight excluding hydrogens is 216 g/mol. The van der Waals surface area contributed by atoms with Gasteiger partial charge in [0.05, 0.1) is 0 Å². The predicted molar refractivity (Wildman–Crippen MR) is 65.2 cm³/mol. The van der Waals surface area contributed by atoms with Crippen molar-refractivity contribution >= 4 is 36.1 Å². The van der Waals surface area contributed by atoms with E-state index in [2.05, 4.69) is 0 Å². The summed E-state index contributed by atoms with van der Waals surface area (Å²) in [6.07, 6.45) is 5.75. The van der Waals surface area contributed by atoms with E-state index in [-0.39, 0.29) is 0 Å². The lowest BCUT2D eigenvalue weighted by atomic mass is 10.4. The lowest BCUT2D eigenvalue weighted by Gasteiger charge is -1.99. The Bertz CT molecular complexity index is 124. The van der Waals surface area contributed by atoms with Crippen molar-refractivity contribution in [2.45, 2.75) is 25.7 Å². The molecule has 0 aliphatic carbocycles. The Morgan fingerprint density at radius 1 is 0.714 bits per heavy atom. The summed E-state index contributed by atoms with van der Waals surface area (Å²) >= 11 is 3.70. The van der Waals surface area contributed by atoms with Gasteiger partial charge in [0, 0.05) is 12.8 Å². The zero-order chi connectivity index (χ0) is 10.5. The van der Waals surface area contributed by atoms with Crippen LogP contribution in [0.25, 0.3) is 0 Å². The van der Waals surface area contributed by atoms with E-state index >= 15 is 0 Å². The average Bonchev–Trinajstić information content (AvgIpc) is 2.21. The number of hydrogen-bond acceptors (Lipinski definition) is 4. The van der Waals surface area contributed by atoms with Crippen molar-refractivity contribution in [3.8, 4) is 0 Å². The summed E-state index contributed by atoms with van der Waals surface area (Å²) < 4.78 is 0. The quantitative estimate of drug-likeness (QED) is 0.406. The number of hydrogen-bond donors (Lipinski definition) is 0. The molecule has 0 unspecified atom stereocenters. The molecule has 82 valence electrons. The van der Waals surface area contributed by atoms with E-state index in [4.69, 9.17) is 0 Å². The molecule has 0 aromatic heterocycles. The highest BCUT2D eigenvalue weighted by molar-refractivity contribution is 7.99. The van der Waals surface area contributed by atoms with Gasteiger partial charge in [-0.05, 0) is 35.9 Å². The Morgan fingerprint density at radius 3 is 1.50 bits per heavy atom. The van der Waals surface area contributed by atoms with Crippen LogP contribution in [-0.4, -0.2) is 35.6 Å². The van der Waals surface area contributed by atoms with E-state index in [1.54, 1.807) is 0 Å². The van der Waals surface area contributed by atoms with Crippen LogP contribution in [0.1, 0.15) is 25.7 Å². The second-order valence-corrected chi connectivity index (χ2v) is 5.29. The fourth-order valence-corrected chi connectivity index (χ4v) is 2.63. The van der Waals surface area contributed by atoms with Gasteiger partial charge in [0.2, 0.25) is 0 Å². The molecule has 4 heteroatoms. The molecule has 0 atom stereocenters. The summed E-state index contributed by atoms with van der Waals surface area (Å²) in [4.78, 5) is 20.0. The summed E-state index contributed by atoms with van der Waals surface area (Å²) in [6, 6.07) is 0. The highest BCUT2D eigenvalue weighted by Gasteiger charge is 1.91. The molecule has 0 radical (unpaired) electrons. The largest absolute Gasteiger partial charge is 0.303 e. The first kappa shape index (κ1) is 14.0. The summed E-state index contributed by atoms with van der Waals surface area (Å²) in [5.41, 5.74) is 0. The summed E-state index contributed by atoms with van der Waals surface area (Å²) in [5, 5.41) is 0. The molecular formula is C10H18O2S2. The van der Waals surface area contributed by atoms with Crippen LogP contribution in [0, 0.1) is 0 Å². The van der Waals surface area contributed by atoms with Gasteiger partial charge in [-0.25, -0.2) is 0 Å². The SMILES string of the molecule is O=CCCSCCCCSCCC=O. The van der Waals surface area contributed by atoms with Crippen molar-refractivity contribution in [2.24, 2.45) is 0 Å². The molecule has 0 N–H and O–H groups in total. The first-order chi connectivity index (χ1) is 6.91. The maximum absolute atomic E-state index is 10.00. The maximum atomic E-state index is 10.00. The van der Waals surface area contributed by atoms with Crippen molar-refractivity contribution in [3.05, 3.63) is 0 Å². The van der Waals surface area contributed by atoms with E-state index in [0.717, 1.165) is 35.6 Å². The van der Waals surface area contributed by atoms with Crippen molar-refractivity contribution in [2.75, 3.05) is 23.0 Å². The van der Waals surface area contributed by atoms with Crippen LogP contribution in [0.2, 0.25) is 0 Å². The van der Waals surface area contributed by atoms with Gasteiger partial charge in [0.25, 0.3) is 0 Å². The van der Waals surface area contributed by atoms with Gasteiger partial charge in [-0.1, -0.05) is 0 Å². The average molecular weight is 234 g/mol. The minimum absolute atomic E-state index is 0.679. The van der Waals surface area contributed by atoms with E-state index < -0.39 is 0 Å².